The Labute approximate surface area is 147 Å². The van der Waals surface area contributed by atoms with Crippen molar-refractivity contribution in [3.05, 3.63) is 36.2 Å². The number of rotatable bonds is 5. The molecule has 0 bridgehead atoms. The highest BCUT2D eigenvalue weighted by atomic mass is 16.5. The van der Waals surface area contributed by atoms with Crippen molar-refractivity contribution in [1.82, 2.24) is 20.0 Å². The fourth-order valence-corrected chi connectivity index (χ4v) is 3.59. The Morgan fingerprint density at radius 2 is 2.08 bits per heavy atom. The van der Waals surface area contributed by atoms with Gasteiger partial charge in [-0.1, -0.05) is 41.9 Å². The van der Waals surface area contributed by atoms with Gasteiger partial charge in [-0.05, 0) is 32.9 Å². The zero-order chi connectivity index (χ0) is 17.2. The van der Waals surface area contributed by atoms with Crippen molar-refractivity contribution in [2.24, 2.45) is 0 Å². The fraction of sp³-hybridized carbons (Fsp3) is 0.421. The van der Waals surface area contributed by atoms with Crippen molar-refractivity contribution in [3.8, 4) is 11.3 Å². The van der Waals surface area contributed by atoms with E-state index in [4.69, 9.17) is 4.52 Å². The molecule has 3 heterocycles. The van der Waals surface area contributed by atoms with Crippen LogP contribution in [0.15, 0.2) is 35.1 Å². The summed E-state index contributed by atoms with van der Waals surface area (Å²) < 4.78 is 5.44. The molecule has 4 rings (SSSR count). The first-order chi connectivity index (χ1) is 12.3. The van der Waals surface area contributed by atoms with E-state index in [9.17, 15) is 0 Å². The van der Waals surface area contributed by atoms with Crippen molar-refractivity contribution in [2.75, 3.05) is 25.0 Å². The first kappa shape index (κ1) is 16.0. The zero-order valence-corrected chi connectivity index (χ0v) is 14.7. The fourth-order valence-electron chi connectivity index (χ4n) is 3.59. The number of hydrogen-bond acceptors (Lipinski definition) is 6. The predicted molar refractivity (Wildman–Crippen MR) is 98.5 cm³/mol. The molecule has 1 aliphatic heterocycles. The topological polar surface area (TPSA) is 67.1 Å². The summed E-state index contributed by atoms with van der Waals surface area (Å²) >= 11 is 0. The number of nitrogens with one attached hydrogen (secondary N) is 1. The Kier molecular flexibility index (Phi) is 4.36. The van der Waals surface area contributed by atoms with Gasteiger partial charge in [-0.15, -0.1) is 0 Å². The Bertz CT molecular complexity index is 858. The van der Waals surface area contributed by atoms with Gasteiger partial charge in [0.05, 0.1) is 0 Å². The van der Waals surface area contributed by atoms with Crippen LogP contribution in [-0.2, 0) is 0 Å². The molecule has 1 unspecified atom stereocenters. The Morgan fingerprint density at radius 1 is 1.24 bits per heavy atom. The van der Waals surface area contributed by atoms with Crippen LogP contribution < -0.4 is 5.32 Å². The van der Waals surface area contributed by atoms with Gasteiger partial charge < -0.3 is 9.84 Å². The van der Waals surface area contributed by atoms with E-state index in [-0.39, 0.29) is 0 Å². The molecule has 0 spiro atoms. The third-order valence-electron chi connectivity index (χ3n) is 5.01. The molecular formula is C19H23N5O. The average molecular weight is 337 g/mol. The second-order valence-corrected chi connectivity index (χ2v) is 6.61. The van der Waals surface area contributed by atoms with Crippen LogP contribution in [0.4, 0.5) is 5.82 Å². The minimum atomic E-state index is 0.520. The summed E-state index contributed by atoms with van der Waals surface area (Å²) in [5.74, 6) is 0.796. The standard InChI is InChI=1S/C19H23N5O/c1-3-24-10-4-5-15(24)11-20-18-16-17(14-8-6-13(2)7-9-14)23-25-19(16)22-12-21-18/h6-9,12,15H,3-5,10-11H2,1-2H3,(H,20,21,22). The normalized spacial score (nSPS) is 18.1. The van der Waals surface area contributed by atoms with Crippen LogP contribution in [0.2, 0.25) is 0 Å². The van der Waals surface area contributed by atoms with Crippen LogP contribution in [0.25, 0.3) is 22.4 Å². The number of fused-ring (bicyclic) bond motifs is 1. The number of anilines is 1. The first-order valence-corrected chi connectivity index (χ1v) is 8.91. The van der Waals surface area contributed by atoms with E-state index in [1.807, 2.05) is 0 Å². The summed E-state index contributed by atoms with van der Waals surface area (Å²) in [7, 11) is 0. The molecule has 1 aromatic carbocycles. The lowest BCUT2D eigenvalue weighted by molar-refractivity contribution is 0.277. The van der Waals surface area contributed by atoms with E-state index in [1.54, 1.807) is 0 Å². The van der Waals surface area contributed by atoms with E-state index < -0.39 is 0 Å². The highest BCUT2D eigenvalue weighted by Crippen LogP contribution is 2.31. The van der Waals surface area contributed by atoms with Gasteiger partial charge in [-0.25, -0.2) is 4.98 Å². The minimum absolute atomic E-state index is 0.520. The van der Waals surface area contributed by atoms with E-state index >= 15 is 0 Å². The summed E-state index contributed by atoms with van der Waals surface area (Å²) in [6.45, 7) is 7.44. The average Bonchev–Trinajstić information content (AvgIpc) is 3.27. The molecule has 1 atom stereocenters. The quantitative estimate of drug-likeness (QED) is 0.769. The highest BCUT2D eigenvalue weighted by molar-refractivity contribution is 5.97. The van der Waals surface area contributed by atoms with E-state index in [1.165, 1.54) is 31.3 Å². The maximum absolute atomic E-state index is 5.44. The number of hydrogen-bond donors (Lipinski definition) is 1. The zero-order valence-electron chi connectivity index (χ0n) is 14.7. The molecule has 2 aromatic heterocycles. The molecule has 130 valence electrons. The predicted octanol–water partition coefficient (Wildman–Crippen LogP) is 3.49. The van der Waals surface area contributed by atoms with Gasteiger partial charge in [0, 0.05) is 18.2 Å². The molecule has 0 aliphatic carbocycles. The molecule has 6 heteroatoms. The van der Waals surface area contributed by atoms with Gasteiger partial charge in [0.2, 0.25) is 0 Å². The van der Waals surface area contributed by atoms with Crippen LogP contribution in [0.3, 0.4) is 0 Å². The molecule has 1 aliphatic rings. The number of benzene rings is 1. The van der Waals surface area contributed by atoms with Crippen molar-refractivity contribution >= 4 is 16.9 Å². The van der Waals surface area contributed by atoms with Gasteiger partial charge in [0.1, 0.15) is 23.2 Å². The highest BCUT2D eigenvalue weighted by Gasteiger charge is 2.24. The van der Waals surface area contributed by atoms with Gasteiger partial charge in [-0.3, -0.25) is 4.90 Å². The molecule has 0 saturated carbocycles. The number of aryl methyl sites for hydroxylation is 1. The second-order valence-electron chi connectivity index (χ2n) is 6.61. The van der Waals surface area contributed by atoms with Gasteiger partial charge >= 0.3 is 0 Å². The Balaban J connectivity index is 1.65. The third-order valence-corrected chi connectivity index (χ3v) is 5.01. The van der Waals surface area contributed by atoms with Crippen LogP contribution in [-0.4, -0.2) is 45.7 Å². The molecule has 6 nitrogen and oxygen atoms in total. The third kappa shape index (κ3) is 3.09. The lowest BCUT2D eigenvalue weighted by Crippen LogP contribution is -2.34. The van der Waals surface area contributed by atoms with Crippen LogP contribution in [0.5, 0.6) is 0 Å². The molecule has 0 radical (unpaired) electrons. The van der Waals surface area contributed by atoms with Crippen molar-refractivity contribution in [3.63, 3.8) is 0 Å². The van der Waals surface area contributed by atoms with E-state index in [2.05, 4.69) is 63.5 Å². The minimum Gasteiger partial charge on any atom is -0.368 e. The summed E-state index contributed by atoms with van der Waals surface area (Å²) in [5, 5.41) is 8.60. The van der Waals surface area contributed by atoms with Crippen LogP contribution >= 0.6 is 0 Å². The molecule has 0 amide bonds. The first-order valence-electron chi connectivity index (χ1n) is 8.91. The van der Waals surface area contributed by atoms with Gasteiger partial charge in [0.25, 0.3) is 5.71 Å². The lowest BCUT2D eigenvalue weighted by atomic mass is 10.1. The van der Waals surface area contributed by atoms with Crippen molar-refractivity contribution in [1.29, 1.82) is 0 Å². The number of aromatic nitrogens is 3. The van der Waals surface area contributed by atoms with E-state index in [0.717, 1.165) is 35.6 Å². The molecular weight excluding hydrogens is 314 g/mol. The summed E-state index contributed by atoms with van der Waals surface area (Å²) in [5.41, 5.74) is 3.54. The second kappa shape index (κ2) is 6.80. The molecule has 25 heavy (non-hydrogen) atoms. The summed E-state index contributed by atoms with van der Waals surface area (Å²) in [6, 6.07) is 8.81. The molecule has 1 fully saturated rings. The SMILES string of the molecule is CCN1CCCC1CNc1ncnc2onc(-c3ccc(C)cc3)c12. The monoisotopic (exact) mass is 337 g/mol. The number of likely N-dealkylation sites (tertiary alicyclic amines) is 1. The molecule has 1 N–H and O–H groups in total. The van der Waals surface area contributed by atoms with Gasteiger partial charge in [-0.2, -0.15) is 4.98 Å². The summed E-state index contributed by atoms with van der Waals surface area (Å²) in [4.78, 5) is 11.2. The molecule has 3 aromatic rings. The van der Waals surface area contributed by atoms with Gasteiger partial charge in [0.15, 0.2) is 0 Å². The smallest absolute Gasteiger partial charge is 0.263 e. The molecule has 1 saturated heterocycles. The Morgan fingerprint density at radius 3 is 2.88 bits per heavy atom. The maximum atomic E-state index is 5.44. The van der Waals surface area contributed by atoms with Crippen molar-refractivity contribution < 1.29 is 4.52 Å². The van der Waals surface area contributed by atoms with Crippen LogP contribution in [0, 0.1) is 6.92 Å². The lowest BCUT2D eigenvalue weighted by Gasteiger charge is -2.23. The number of likely N-dealkylation sites (N-methyl/N-ethyl adjacent to an activating group) is 1. The Hall–Kier alpha value is -2.47. The number of nitrogens with zero attached hydrogens (tertiary/aromatic N) is 4. The largest absolute Gasteiger partial charge is 0.368 e. The van der Waals surface area contributed by atoms with Crippen molar-refractivity contribution in [2.45, 2.75) is 32.7 Å². The van der Waals surface area contributed by atoms with E-state index in [0.29, 0.717) is 11.8 Å². The maximum Gasteiger partial charge on any atom is 0.263 e. The summed E-state index contributed by atoms with van der Waals surface area (Å²) in [6.07, 6.45) is 4.02. The van der Waals surface area contributed by atoms with Crippen LogP contribution in [0.1, 0.15) is 25.3 Å².